The maximum Gasteiger partial charge on any atom is 0.305 e. The summed E-state index contributed by atoms with van der Waals surface area (Å²) in [6.45, 7) is 3.03. The van der Waals surface area contributed by atoms with Gasteiger partial charge in [0, 0.05) is 6.61 Å². The zero-order valence-corrected chi connectivity index (χ0v) is 12.2. The molecule has 0 bridgehead atoms. The summed E-state index contributed by atoms with van der Waals surface area (Å²) < 4.78 is 5.32. The number of nitrogens with one attached hydrogen (secondary N) is 1. The van der Waals surface area contributed by atoms with Crippen molar-refractivity contribution in [1.29, 1.82) is 0 Å². The lowest BCUT2D eigenvalue weighted by molar-refractivity contribution is -0.138. The molecule has 5 heteroatoms. The fraction of sp³-hybridized carbons (Fsp3) is 0.500. The lowest BCUT2D eigenvalue weighted by Crippen LogP contribution is -2.38. The van der Waals surface area contributed by atoms with Gasteiger partial charge in [-0.15, -0.1) is 0 Å². The van der Waals surface area contributed by atoms with Gasteiger partial charge in [0.05, 0.1) is 25.0 Å². The molecule has 1 aliphatic heterocycles. The number of aliphatic carboxylic acids is 1. The van der Waals surface area contributed by atoms with Crippen LogP contribution in [0.2, 0.25) is 0 Å². The van der Waals surface area contributed by atoms with Crippen LogP contribution in [0.5, 0.6) is 0 Å². The number of hydrogen-bond acceptors (Lipinski definition) is 3. The van der Waals surface area contributed by atoms with E-state index in [0.717, 1.165) is 24.0 Å². The van der Waals surface area contributed by atoms with Crippen LogP contribution in [0.3, 0.4) is 0 Å². The zero-order chi connectivity index (χ0) is 15.2. The minimum Gasteiger partial charge on any atom is -0.481 e. The van der Waals surface area contributed by atoms with Gasteiger partial charge < -0.3 is 15.2 Å². The second-order valence-electron chi connectivity index (χ2n) is 5.43. The Morgan fingerprint density at radius 2 is 2.19 bits per heavy atom. The third-order valence-electron chi connectivity index (χ3n) is 3.79. The largest absolute Gasteiger partial charge is 0.481 e. The van der Waals surface area contributed by atoms with Gasteiger partial charge in [0.15, 0.2) is 0 Å². The first kappa shape index (κ1) is 15.5. The van der Waals surface area contributed by atoms with E-state index in [1.54, 1.807) is 0 Å². The highest BCUT2D eigenvalue weighted by Gasteiger charge is 2.26. The molecule has 0 spiro atoms. The lowest BCUT2D eigenvalue weighted by atomic mass is 9.96. The first-order chi connectivity index (χ1) is 10.1. The Kier molecular flexibility index (Phi) is 5.33. The molecule has 0 aliphatic carbocycles. The summed E-state index contributed by atoms with van der Waals surface area (Å²) in [6.07, 6.45) is 1.54. The first-order valence-corrected chi connectivity index (χ1v) is 7.23. The number of hydrogen-bond donors (Lipinski definition) is 2. The molecule has 1 heterocycles. The van der Waals surface area contributed by atoms with Crippen molar-refractivity contribution < 1.29 is 19.4 Å². The zero-order valence-electron chi connectivity index (χ0n) is 12.2. The van der Waals surface area contributed by atoms with E-state index in [1.807, 2.05) is 31.2 Å². The highest BCUT2D eigenvalue weighted by Crippen LogP contribution is 2.22. The molecule has 114 valence electrons. The second kappa shape index (κ2) is 7.22. The third kappa shape index (κ3) is 4.29. The lowest BCUT2D eigenvalue weighted by Gasteiger charge is -2.25. The average molecular weight is 291 g/mol. The molecule has 1 aliphatic rings. The van der Waals surface area contributed by atoms with Crippen LogP contribution in [-0.4, -0.2) is 30.2 Å². The fourth-order valence-electron chi connectivity index (χ4n) is 2.63. The van der Waals surface area contributed by atoms with E-state index in [4.69, 9.17) is 9.84 Å². The number of aryl methyl sites for hydroxylation is 1. The molecule has 2 rings (SSSR count). The molecule has 1 aromatic rings. The minimum atomic E-state index is -0.927. The van der Waals surface area contributed by atoms with Crippen LogP contribution in [0.15, 0.2) is 24.3 Å². The molecule has 2 atom stereocenters. The summed E-state index contributed by atoms with van der Waals surface area (Å²) >= 11 is 0. The summed E-state index contributed by atoms with van der Waals surface area (Å²) in [6, 6.07) is 7.03. The predicted molar refractivity (Wildman–Crippen MR) is 77.9 cm³/mol. The fourth-order valence-corrected chi connectivity index (χ4v) is 2.63. The summed E-state index contributed by atoms with van der Waals surface area (Å²) in [4.78, 5) is 23.4. The van der Waals surface area contributed by atoms with Gasteiger partial charge in [-0.25, -0.2) is 0 Å². The summed E-state index contributed by atoms with van der Waals surface area (Å²) in [5.41, 5.74) is 1.83. The quantitative estimate of drug-likeness (QED) is 0.870. The molecular weight excluding hydrogens is 270 g/mol. The van der Waals surface area contributed by atoms with E-state index in [-0.39, 0.29) is 18.2 Å². The number of ether oxygens (including phenoxy) is 1. The Morgan fingerprint density at radius 3 is 2.81 bits per heavy atom. The molecule has 2 N–H and O–H groups in total. The van der Waals surface area contributed by atoms with Gasteiger partial charge in [0.25, 0.3) is 0 Å². The van der Waals surface area contributed by atoms with Gasteiger partial charge in [0.2, 0.25) is 5.91 Å². The number of rotatable bonds is 5. The summed E-state index contributed by atoms with van der Waals surface area (Å²) in [5.74, 6) is -1.23. The van der Waals surface area contributed by atoms with Gasteiger partial charge >= 0.3 is 5.97 Å². The van der Waals surface area contributed by atoms with Gasteiger partial charge in [-0.2, -0.15) is 0 Å². The van der Waals surface area contributed by atoms with E-state index in [1.165, 1.54) is 0 Å². The van der Waals surface area contributed by atoms with Gasteiger partial charge in [0.1, 0.15) is 0 Å². The molecule has 1 fully saturated rings. The van der Waals surface area contributed by atoms with Crippen molar-refractivity contribution in [1.82, 2.24) is 5.32 Å². The standard InChI is InChI=1S/C16H21NO4/c1-11-5-2-3-7-13(11)14(9-15(18)19)17-16(20)12-6-4-8-21-10-12/h2-3,5,7,12,14H,4,6,8-10H2,1H3,(H,17,20)(H,18,19). The van der Waals surface area contributed by atoms with Gasteiger partial charge in [-0.05, 0) is 30.9 Å². The number of carbonyl (C=O) groups excluding carboxylic acids is 1. The topological polar surface area (TPSA) is 75.6 Å². The molecule has 0 aromatic heterocycles. The number of amides is 1. The Hall–Kier alpha value is -1.88. The van der Waals surface area contributed by atoms with E-state index >= 15 is 0 Å². The first-order valence-electron chi connectivity index (χ1n) is 7.23. The van der Waals surface area contributed by atoms with Crippen LogP contribution in [0.1, 0.15) is 36.4 Å². The Labute approximate surface area is 124 Å². The van der Waals surface area contributed by atoms with Crippen molar-refractivity contribution in [3.05, 3.63) is 35.4 Å². The van der Waals surface area contributed by atoms with Crippen molar-refractivity contribution in [3.63, 3.8) is 0 Å². The molecule has 0 radical (unpaired) electrons. The second-order valence-corrected chi connectivity index (χ2v) is 5.43. The van der Waals surface area contributed by atoms with E-state index in [2.05, 4.69) is 5.32 Å². The van der Waals surface area contributed by atoms with Crippen LogP contribution < -0.4 is 5.32 Å². The van der Waals surface area contributed by atoms with E-state index < -0.39 is 12.0 Å². The molecule has 0 saturated carbocycles. The average Bonchev–Trinajstić information content (AvgIpc) is 2.47. The minimum absolute atomic E-state index is 0.121. The van der Waals surface area contributed by atoms with Crippen LogP contribution in [0, 0.1) is 12.8 Å². The number of carbonyl (C=O) groups is 2. The van der Waals surface area contributed by atoms with Gasteiger partial charge in [-0.3, -0.25) is 9.59 Å². The van der Waals surface area contributed by atoms with Crippen molar-refractivity contribution in [2.45, 2.75) is 32.2 Å². The molecular formula is C16H21NO4. The van der Waals surface area contributed by atoms with Crippen LogP contribution in [0.4, 0.5) is 0 Å². The normalized spacial score (nSPS) is 19.8. The third-order valence-corrected chi connectivity index (χ3v) is 3.79. The van der Waals surface area contributed by atoms with E-state index in [0.29, 0.717) is 13.2 Å². The molecule has 1 saturated heterocycles. The Bertz CT molecular complexity index is 509. The van der Waals surface area contributed by atoms with Crippen LogP contribution in [-0.2, 0) is 14.3 Å². The van der Waals surface area contributed by atoms with Crippen molar-refractivity contribution >= 4 is 11.9 Å². The molecule has 1 amide bonds. The summed E-state index contributed by atoms with van der Waals surface area (Å²) in [7, 11) is 0. The Balaban J connectivity index is 2.11. The SMILES string of the molecule is Cc1ccccc1C(CC(=O)O)NC(=O)C1CCCOC1. The maximum absolute atomic E-state index is 12.3. The highest BCUT2D eigenvalue weighted by molar-refractivity contribution is 5.80. The van der Waals surface area contributed by atoms with Crippen molar-refractivity contribution in [2.24, 2.45) is 5.92 Å². The number of benzene rings is 1. The molecule has 21 heavy (non-hydrogen) atoms. The highest BCUT2D eigenvalue weighted by atomic mass is 16.5. The van der Waals surface area contributed by atoms with Crippen molar-refractivity contribution in [2.75, 3.05) is 13.2 Å². The smallest absolute Gasteiger partial charge is 0.305 e. The number of carboxylic acid groups (broad SMARTS) is 1. The molecule has 2 unspecified atom stereocenters. The Morgan fingerprint density at radius 1 is 1.43 bits per heavy atom. The van der Waals surface area contributed by atoms with Crippen molar-refractivity contribution in [3.8, 4) is 0 Å². The van der Waals surface area contributed by atoms with Crippen LogP contribution in [0.25, 0.3) is 0 Å². The predicted octanol–water partition coefficient (Wildman–Crippen LogP) is 2.05. The molecule has 1 aromatic carbocycles. The monoisotopic (exact) mass is 291 g/mol. The number of carboxylic acids is 1. The van der Waals surface area contributed by atoms with Crippen LogP contribution >= 0.6 is 0 Å². The maximum atomic E-state index is 12.3. The molecule has 5 nitrogen and oxygen atoms in total. The summed E-state index contributed by atoms with van der Waals surface area (Å²) in [5, 5.41) is 12.0. The van der Waals surface area contributed by atoms with E-state index in [9.17, 15) is 9.59 Å². The van der Waals surface area contributed by atoms with Gasteiger partial charge in [-0.1, -0.05) is 24.3 Å².